The van der Waals surface area contributed by atoms with E-state index in [9.17, 15) is 13.2 Å². The number of thiophene rings is 1. The number of carbonyl (C=O) groups is 1. The number of likely N-dealkylation sites (tertiary alicyclic amines) is 2. The molecule has 2 atom stereocenters. The van der Waals surface area contributed by atoms with Crippen LogP contribution in [-0.2, 0) is 9.84 Å². The van der Waals surface area contributed by atoms with Gasteiger partial charge in [-0.3, -0.25) is 4.79 Å². The zero-order valence-electron chi connectivity index (χ0n) is 19.5. The molecule has 2 unspecified atom stereocenters. The van der Waals surface area contributed by atoms with Gasteiger partial charge in [0, 0.05) is 35.4 Å². The number of sulfone groups is 1. The van der Waals surface area contributed by atoms with Gasteiger partial charge in [0.15, 0.2) is 0 Å². The number of amides is 1. The topological polar surface area (TPSA) is 57.7 Å². The van der Waals surface area contributed by atoms with E-state index in [-0.39, 0.29) is 0 Å². The van der Waals surface area contributed by atoms with Gasteiger partial charge in [-0.15, -0.1) is 11.3 Å². The lowest BCUT2D eigenvalue weighted by atomic mass is 9.78. The van der Waals surface area contributed by atoms with Crippen molar-refractivity contribution >= 4 is 27.1 Å². The van der Waals surface area contributed by atoms with Crippen molar-refractivity contribution in [1.82, 2.24) is 9.80 Å². The van der Waals surface area contributed by atoms with Crippen molar-refractivity contribution in [2.45, 2.75) is 76.7 Å². The van der Waals surface area contributed by atoms with Crippen molar-refractivity contribution < 1.29 is 13.2 Å². The summed E-state index contributed by atoms with van der Waals surface area (Å²) < 4.78 is 19.3. The van der Waals surface area contributed by atoms with E-state index in [0.29, 0.717) is 17.9 Å². The Morgan fingerprint density at radius 2 is 1.68 bits per heavy atom. The molecule has 0 radical (unpaired) electrons. The van der Waals surface area contributed by atoms with Crippen LogP contribution in [0.15, 0.2) is 11.4 Å². The van der Waals surface area contributed by atoms with Crippen LogP contribution < -0.4 is 0 Å². The van der Waals surface area contributed by atoms with E-state index in [0.717, 1.165) is 30.5 Å². The first-order chi connectivity index (χ1) is 14.8. The fourth-order valence-corrected chi connectivity index (χ4v) is 6.53. The molecule has 176 valence electrons. The highest BCUT2D eigenvalue weighted by Crippen LogP contribution is 2.37. The second-order valence-electron chi connectivity index (χ2n) is 9.75. The molecule has 1 aromatic heterocycles. The maximum Gasteiger partial charge on any atom is 0.254 e. The monoisotopic (exact) mass is 468 g/mol. The zero-order chi connectivity index (χ0) is 22.4. The molecular weight excluding hydrogens is 428 g/mol. The van der Waals surface area contributed by atoms with Gasteiger partial charge in [-0.05, 0) is 82.5 Å². The van der Waals surface area contributed by atoms with Crippen LogP contribution >= 0.6 is 11.3 Å². The first kappa shape index (κ1) is 24.7. The van der Waals surface area contributed by atoms with Crippen LogP contribution in [0.1, 0.15) is 85.9 Å². The van der Waals surface area contributed by atoms with E-state index in [1.165, 1.54) is 82.3 Å². The third-order valence-electron chi connectivity index (χ3n) is 6.90. The third kappa shape index (κ3) is 7.29. The van der Waals surface area contributed by atoms with Gasteiger partial charge in [-0.2, -0.15) is 0 Å². The van der Waals surface area contributed by atoms with Crippen molar-refractivity contribution in [3.05, 3.63) is 21.9 Å². The number of hydrogen-bond acceptors (Lipinski definition) is 5. The molecule has 3 heterocycles. The van der Waals surface area contributed by atoms with E-state index >= 15 is 0 Å². The van der Waals surface area contributed by atoms with Crippen LogP contribution in [0.5, 0.6) is 0 Å². The SMILES string of the molecule is CCCN1CCC(c2cc(C(=O)N3CCCC4CCCCC43)cs2)CC1.CS(C)(=O)=O. The lowest BCUT2D eigenvalue weighted by Gasteiger charge is -2.44. The molecule has 2 saturated heterocycles. The van der Waals surface area contributed by atoms with Crippen LogP contribution in [-0.4, -0.2) is 68.9 Å². The van der Waals surface area contributed by atoms with Crippen LogP contribution in [0.4, 0.5) is 0 Å². The summed E-state index contributed by atoms with van der Waals surface area (Å²) in [7, 11) is -2.67. The molecule has 1 aromatic rings. The minimum absolute atomic E-state index is 0.313. The Bertz CT molecular complexity index is 803. The number of nitrogens with zero attached hydrogens (tertiary/aromatic N) is 2. The van der Waals surface area contributed by atoms with Gasteiger partial charge in [-0.25, -0.2) is 8.42 Å². The molecule has 2 aliphatic heterocycles. The van der Waals surface area contributed by atoms with Gasteiger partial charge in [-0.1, -0.05) is 19.8 Å². The van der Waals surface area contributed by atoms with Gasteiger partial charge in [0.2, 0.25) is 0 Å². The molecule has 0 bridgehead atoms. The maximum absolute atomic E-state index is 13.2. The average Bonchev–Trinajstić information content (AvgIpc) is 3.23. The molecule has 3 fully saturated rings. The van der Waals surface area contributed by atoms with E-state index in [4.69, 9.17) is 0 Å². The van der Waals surface area contributed by atoms with E-state index in [1.54, 1.807) is 0 Å². The molecule has 31 heavy (non-hydrogen) atoms. The van der Waals surface area contributed by atoms with Gasteiger partial charge >= 0.3 is 0 Å². The van der Waals surface area contributed by atoms with Crippen LogP contribution in [0.3, 0.4) is 0 Å². The Morgan fingerprint density at radius 1 is 1.03 bits per heavy atom. The van der Waals surface area contributed by atoms with Gasteiger partial charge in [0.25, 0.3) is 5.91 Å². The van der Waals surface area contributed by atoms with E-state index < -0.39 is 9.84 Å². The van der Waals surface area contributed by atoms with Crippen molar-refractivity contribution in [3.8, 4) is 0 Å². The zero-order valence-corrected chi connectivity index (χ0v) is 21.1. The Kier molecular flexibility index (Phi) is 9.00. The number of fused-ring (bicyclic) bond motifs is 1. The molecule has 4 rings (SSSR count). The molecular formula is C24H40N2O3S2. The quantitative estimate of drug-likeness (QED) is 0.637. The third-order valence-corrected chi connectivity index (χ3v) is 8.00. The predicted octanol–water partition coefficient (Wildman–Crippen LogP) is 4.79. The minimum Gasteiger partial charge on any atom is -0.335 e. The minimum atomic E-state index is -2.67. The second kappa shape index (κ2) is 11.3. The standard InChI is InChI=1S/C22H34N2OS.C2H6O2S/c1-2-11-23-13-9-18(10-14-23)21-15-19(16-26-21)22(25)24-12-5-7-17-6-3-4-8-20(17)24;1-5(2,3)4/h15-18,20H,2-14H2,1H3;1-2H3. The maximum atomic E-state index is 13.2. The molecule has 3 aliphatic rings. The summed E-state index contributed by atoms with van der Waals surface area (Å²) in [5, 5.41) is 2.14. The highest BCUT2D eigenvalue weighted by Gasteiger charge is 2.36. The first-order valence-corrected chi connectivity index (χ1v) is 15.2. The normalized spacial score (nSPS) is 25.5. The van der Waals surface area contributed by atoms with Gasteiger partial charge in [0.05, 0.1) is 5.56 Å². The Morgan fingerprint density at radius 3 is 2.35 bits per heavy atom. The Balaban J connectivity index is 0.000000491. The molecule has 7 heteroatoms. The summed E-state index contributed by atoms with van der Waals surface area (Å²) in [5.41, 5.74) is 0.965. The predicted molar refractivity (Wildman–Crippen MR) is 130 cm³/mol. The number of piperidine rings is 2. The molecule has 0 spiro atoms. The highest BCUT2D eigenvalue weighted by atomic mass is 32.2. The largest absolute Gasteiger partial charge is 0.335 e. The van der Waals surface area contributed by atoms with Gasteiger partial charge < -0.3 is 9.80 Å². The van der Waals surface area contributed by atoms with Crippen molar-refractivity contribution in [2.24, 2.45) is 5.92 Å². The van der Waals surface area contributed by atoms with Crippen molar-refractivity contribution in [1.29, 1.82) is 0 Å². The van der Waals surface area contributed by atoms with Crippen molar-refractivity contribution in [3.63, 3.8) is 0 Å². The molecule has 1 saturated carbocycles. The lowest BCUT2D eigenvalue weighted by molar-refractivity contribution is 0.0391. The van der Waals surface area contributed by atoms with Crippen molar-refractivity contribution in [2.75, 3.05) is 38.7 Å². The van der Waals surface area contributed by atoms with Crippen LogP contribution in [0.25, 0.3) is 0 Å². The fraction of sp³-hybridized carbons (Fsp3) is 0.792. The highest BCUT2D eigenvalue weighted by molar-refractivity contribution is 7.89. The molecule has 1 amide bonds. The molecule has 0 N–H and O–H groups in total. The van der Waals surface area contributed by atoms with Crippen LogP contribution in [0, 0.1) is 5.92 Å². The average molecular weight is 469 g/mol. The number of carbonyl (C=O) groups excluding carboxylic acids is 1. The summed E-state index contributed by atoms with van der Waals surface area (Å²) in [6.07, 6.45) is 13.8. The van der Waals surface area contributed by atoms with Gasteiger partial charge in [0.1, 0.15) is 9.84 Å². The van der Waals surface area contributed by atoms with E-state index in [2.05, 4.69) is 28.2 Å². The fourth-order valence-electron chi connectivity index (χ4n) is 5.48. The lowest BCUT2D eigenvalue weighted by Crippen LogP contribution is -2.49. The Hall–Kier alpha value is -0.920. The Labute approximate surface area is 193 Å². The second-order valence-corrected chi connectivity index (χ2v) is 13.0. The summed E-state index contributed by atoms with van der Waals surface area (Å²) in [6.45, 7) is 6.91. The molecule has 5 nitrogen and oxygen atoms in total. The van der Waals surface area contributed by atoms with E-state index in [1.807, 2.05) is 11.3 Å². The summed E-state index contributed by atoms with van der Waals surface area (Å²) in [4.78, 5) is 19.5. The number of hydrogen-bond donors (Lipinski definition) is 0. The summed E-state index contributed by atoms with van der Waals surface area (Å²) in [6, 6.07) is 2.75. The number of rotatable bonds is 4. The van der Waals surface area contributed by atoms with Crippen LogP contribution in [0.2, 0.25) is 0 Å². The summed E-state index contributed by atoms with van der Waals surface area (Å²) >= 11 is 1.83. The molecule has 1 aliphatic carbocycles. The molecule has 0 aromatic carbocycles. The smallest absolute Gasteiger partial charge is 0.254 e. The summed E-state index contributed by atoms with van der Waals surface area (Å²) in [5.74, 6) is 1.74. The first-order valence-electron chi connectivity index (χ1n) is 12.0.